The molecular weight excluding hydrogens is 298 g/mol. The van der Waals surface area contributed by atoms with Crippen LogP contribution in [0.5, 0.6) is 0 Å². The van der Waals surface area contributed by atoms with E-state index < -0.39 is 0 Å². The van der Waals surface area contributed by atoms with Crippen LogP contribution in [0.1, 0.15) is 44.6 Å². The number of ether oxygens (including phenoxy) is 1. The fourth-order valence-corrected chi connectivity index (χ4v) is 5.13. The zero-order valence-corrected chi connectivity index (χ0v) is 14.6. The van der Waals surface area contributed by atoms with Crippen LogP contribution in [0.2, 0.25) is 0 Å². The quantitative estimate of drug-likeness (QED) is 0.660. The van der Waals surface area contributed by atoms with Crippen LogP contribution in [-0.4, -0.2) is 31.3 Å². The van der Waals surface area contributed by atoms with E-state index >= 15 is 0 Å². The highest BCUT2D eigenvalue weighted by Crippen LogP contribution is 2.60. The van der Waals surface area contributed by atoms with Crippen molar-refractivity contribution >= 4 is 5.96 Å². The number of fused-ring (bicyclic) bond motifs is 2. The Hall–Kier alpha value is -1.55. The van der Waals surface area contributed by atoms with Gasteiger partial charge in [-0.05, 0) is 31.7 Å². The zero-order valence-electron chi connectivity index (χ0n) is 14.6. The molecule has 0 aromatic heterocycles. The van der Waals surface area contributed by atoms with Crippen molar-refractivity contribution in [3.05, 3.63) is 35.9 Å². The molecule has 1 aliphatic heterocycles. The summed E-state index contributed by atoms with van der Waals surface area (Å²) >= 11 is 0. The lowest BCUT2D eigenvalue weighted by Gasteiger charge is -2.57. The predicted molar refractivity (Wildman–Crippen MR) is 96.9 cm³/mol. The van der Waals surface area contributed by atoms with Crippen molar-refractivity contribution in [2.24, 2.45) is 16.3 Å². The smallest absolute Gasteiger partial charge is 0.191 e. The first-order chi connectivity index (χ1) is 11.8. The van der Waals surface area contributed by atoms with E-state index in [0.717, 1.165) is 25.7 Å². The maximum Gasteiger partial charge on any atom is 0.191 e. The second-order valence-electron chi connectivity index (χ2n) is 7.49. The van der Waals surface area contributed by atoms with Crippen LogP contribution in [0.4, 0.5) is 0 Å². The van der Waals surface area contributed by atoms with Crippen molar-refractivity contribution in [1.82, 2.24) is 10.6 Å². The fraction of sp³-hybridized carbons (Fsp3) is 0.650. The van der Waals surface area contributed by atoms with Crippen LogP contribution < -0.4 is 10.6 Å². The Morgan fingerprint density at radius 2 is 2.04 bits per heavy atom. The first-order valence-corrected chi connectivity index (χ1v) is 9.54. The molecule has 1 saturated heterocycles. The van der Waals surface area contributed by atoms with Gasteiger partial charge in [0.25, 0.3) is 0 Å². The van der Waals surface area contributed by atoms with Crippen LogP contribution in [-0.2, 0) is 11.3 Å². The molecule has 2 aliphatic carbocycles. The van der Waals surface area contributed by atoms with Crippen LogP contribution in [0.3, 0.4) is 0 Å². The van der Waals surface area contributed by atoms with Gasteiger partial charge in [-0.2, -0.15) is 0 Å². The molecule has 1 aromatic carbocycles. The van der Waals surface area contributed by atoms with Crippen molar-refractivity contribution in [3.8, 4) is 0 Å². The third-order valence-electron chi connectivity index (χ3n) is 6.19. The van der Waals surface area contributed by atoms with Crippen molar-refractivity contribution in [1.29, 1.82) is 0 Å². The molecule has 3 unspecified atom stereocenters. The van der Waals surface area contributed by atoms with E-state index in [2.05, 4.69) is 47.9 Å². The average Bonchev–Trinajstić information content (AvgIpc) is 3.26. The summed E-state index contributed by atoms with van der Waals surface area (Å²) in [6.07, 6.45) is 7.01. The molecule has 1 heterocycles. The molecule has 3 aliphatic rings. The summed E-state index contributed by atoms with van der Waals surface area (Å²) in [5, 5.41) is 7.22. The van der Waals surface area contributed by atoms with E-state index in [9.17, 15) is 0 Å². The third-order valence-corrected chi connectivity index (χ3v) is 6.19. The molecule has 0 amide bonds. The normalized spacial score (nSPS) is 30.9. The molecule has 1 spiro atoms. The van der Waals surface area contributed by atoms with Gasteiger partial charge < -0.3 is 15.4 Å². The Balaban J connectivity index is 1.48. The second-order valence-corrected chi connectivity index (χ2v) is 7.49. The van der Waals surface area contributed by atoms with Gasteiger partial charge in [0.05, 0.1) is 12.6 Å². The summed E-state index contributed by atoms with van der Waals surface area (Å²) in [5.41, 5.74) is 1.62. The minimum Gasteiger partial charge on any atom is -0.377 e. The predicted octanol–water partition coefficient (Wildman–Crippen LogP) is 3.09. The van der Waals surface area contributed by atoms with Crippen molar-refractivity contribution in [2.75, 3.05) is 13.2 Å². The third kappa shape index (κ3) is 2.71. The highest BCUT2D eigenvalue weighted by atomic mass is 16.5. The minimum atomic E-state index is 0.365. The van der Waals surface area contributed by atoms with E-state index in [1.165, 1.54) is 37.7 Å². The highest BCUT2D eigenvalue weighted by Gasteiger charge is 2.65. The van der Waals surface area contributed by atoms with Gasteiger partial charge in [0.15, 0.2) is 5.96 Å². The van der Waals surface area contributed by atoms with Gasteiger partial charge >= 0.3 is 0 Å². The average molecular weight is 327 g/mol. The Bertz CT molecular complexity index is 580. The molecule has 4 rings (SSSR count). The molecule has 24 heavy (non-hydrogen) atoms. The van der Waals surface area contributed by atoms with E-state index in [1.54, 1.807) is 0 Å². The van der Waals surface area contributed by atoms with Gasteiger partial charge in [-0.15, -0.1) is 0 Å². The van der Waals surface area contributed by atoms with Crippen LogP contribution >= 0.6 is 0 Å². The number of aliphatic imine (C=N–C) groups is 1. The molecule has 3 atom stereocenters. The minimum absolute atomic E-state index is 0.365. The molecule has 3 fully saturated rings. The maximum absolute atomic E-state index is 6.09. The van der Waals surface area contributed by atoms with Crippen LogP contribution in [0.25, 0.3) is 0 Å². The summed E-state index contributed by atoms with van der Waals surface area (Å²) in [4.78, 5) is 4.83. The van der Waals surface area contributed by atoms with Crippen molar-refractivity contribution in [2.45, 2.75) is 57.7 Å². The number of hydrogen-bond donors (Lipinski definition) is 2. The Kier molecular flexibility index (Phi) is 4.49. The van der Waals surface area contributed by atoms with Gasteiger partial charge in [0, 0.05) is 30.5 Å². The monoisotopic (exact) mass is 327 g/mol. The van der Waals surface area contributed by atoms with E-state index in [-0.39, 0.29) is 0 Å². The van der Waals surface area contributed by atoms with Crippen LogP contribution in [0, 0.1) is 11.3 Å². The molecule has 130 valence electrons. The Morgan fingerprint density at radius 3 is 2.79 bits per heavy atom. The van der Waals surface area contributed by atoms with Crippen LogP contribution in [0.15, 0.2) is 35.3 Å². The topological polar surface area (TPSA) is 45.7 Å². The highest BCUT2D eigenvalue weighted by molar-refractivity contribution is 5.80. The fourth-order valence-electron chi connectivity index (χ4n) is 5.13. The van der Waals surface area contributed by atoms with E-state index in [0.29, 0.717) is 23.5 Å². The number of nitrogens with one attached hydrogen (secondary N) is 2. The molecule has 0 radical (unpaired) electrons. The Morgan fingerprint density at radius 1 is 1.25 bits per heavy atom. The number of benzene rings is 1. The zero-order chi connectivity index (χ0) is 16.4. The molecule has 4 heteroatoms. The van der Waals surface area contributed by atoms with Crippen molar-refractivity contribution in [3.63, 3.8) is 0 Å². The molecular formula is C20H29N3O. The second kappa shape index (κ2) is 6.75. The first-order valence-electron chi connectivity index (χ1n) is 9.54. The van der Waals surface area contributed by atoms with Gasteiger partial charge in [0.1, 0.15) is 0 Å². The molecule has 4 nitrogen and oxygen atoms in total. The first kappa shape index (κ1) is 15.9. The SMILES string of the molecule is CCNC(=NCc1ccccc1)NC1C2CCOC2C12CCCC2. The maximum atomic E-state index is 6.09. The van der Waals surface area contributed by atoms with Gasteiger partial charge in [0.2, 0.25) is 0 Å². The molecule has 2 saturated carbocycles. The van der Waals surface area contributed by atoms with E-state index in [1.807, 2.05) is 0 Å². The summed E-state index contributed by atoms with van der Waals surface area (Å²) < 4.78 is 6.09. The number of nitrogens with zero attached hydrogens (tertiary/aromatic N) is 1. The standard InChI is InChI=1S/C20H29N3O/c1-2-21-19(22-14-15-8-4-3-5-9-15)23-17-16-10-13-24-18(16)20(17)11-6-7-12-20/h3-5,8-9,16-18H,2,6-7,10-14H2,1H3,(H2,21,22,23). The van der Waals surface area contributed by atoms with Gasteiger partial charge in [-0.1, -0.05) is 43.2 Å². The lowest BCUT2D eigenvalue weighted by Crippen LogP contribution is -2.69. The lowest BCUT2D eigenvalue weighted by atomic mass is 9.54. The summed E-state index contributed by atoms with van der Waals surface area (Å²) in [5.74, 6) is 1.63. The largest absolute Gasteiger partial charge is 0.377 e. The number of hydrogen-bond acceptors (Lipinski definition) is 2. The number of rotatable bonds is 4. The lowest BCUT2D eigenvalue weighted by molar-refractivity contribution is -0.125. The molecule has 0 bridgehead atoms. The summed E-state index contributed by atoms with van der Waals surface area (Å²) in [6.45, 7) is 4.69. The number of guanidine groups is 1. The van der Waals surface area contributed by atoms with Crippen molar-refractivity contribution < 1.29 is 4.74 Å². The van der Waals surface area contributed by atoms with E-state index in [4.69, 9.17) is 9.73 Å². The molecule has 2 N–H and O–H groups in total. The molecule has 1 aromatic rings. The summed E-state index contributed by atoms with van der Waals surface area (Å²) in [7, 11) is 0. The van der Waals surface area contributed by atoms with Gasteiger partial charge in [-0.3, -0.25) is 0 Å². The Labute approximate surface area is 145 Å². The summed E-state index contributed by atoms with van der Waals surface area (Å²) in [6, 6.07) is 11.0. The van der Waals surface area contributed by atoms with Gasteiger partial charge in [-0.25, -0.2) is 4.99 Å².